The number of nitrogens with zero attached hydrogens (tertiary/aromatic N) is 4. The second kappa shape index (κ2) is 7.95. The first-order valence-corrected chi connectivity index (χ1v) is 11.2. The Morgan fingerprint density at radius 3 is 2.50 bits per heavy atom. The van der Waals surface area contributed by atoms with E-state index in [-0.39, 0.29) is 18.0 Å². The Bertz CT molecular complexity index is 934. The molecular weight excluding hydrogens is 372 g/mol. The van der Waals surface area contributed by atoms with Crippen molar-refractivity contribution in [3.63, 3.8) is 0 Å². The molecule has 28 heavy (non-hydrogen) atoms. The molecule has 0 spiro atoms. The maximum atomic E-state index is 13.4. The summed E-state index contributed by atoms with van der Waals surface area (Å²) < 4.78 is 1.65. The van der Waals surface area contributed by atoms with Crippen LogP contribution in [-0.4, -0.2) is 51.4 Å². The van der Waals surface area contributed by atoms with Crippen LogP contribution in [0.3, 0.4) is 0 Å². The lowest BCUT2D eigenvalue weighted by Crippen LogP contribution is -2.39. The second-order valence-electron chi connectivity index (χ2n) is 8.43. The number of amides is 1. The van der Waals surface area contributed by atoms with Crippen molar-refractivity contribution in [2.24, 2.45) is 5.92 Å². The Kier molecular flexibility index (Phi) is 5.56. The van der Waals surface area contributed by atoms with Gasteiger partial charge in [0.2, 0.25) is 5.91 Å². The lowest BCUT2D eigenvalue weighted by atomic mass is 9.99. The van der Waals surface area contributed by atoms with E-state index in [2.05, 4.69) is 11.8 Å². The predicted molar refractivity (Wildman–Crippen MR) is 113 cm³/mol. The summed E-state index contributed by atoms with van der Waals surface area (Å²) >= 11 is 1.58. The highest BCUT2D eigenvalue weighted by atomic mass is 32.1. The van der Waals surface area contributed by atoms with Gasteiger partial charge >= 0.3 is 0 Å². The van der Waals surface area contributed by atoms with Gasteiger partial charge in [0.1, 0.15) is 17.2 Å². The zero-order valence-corrected chi connectivity index (χ0v) is 18.0. The van der Waals surface area contributed by atoms with Crippen molar-refractivity contribution in [1.29, 1.82) is 0 Å². The number of piperidine rings is 1. The molecule has 1 amide bonds. The number of likely N-dealkylation sites (tertiary alicyclic amines) is 2. The molecule has 0 radical (unpaired) electrons. The van der Waals surface area contributed by atoms with Crippen molar-refractivity contribution >= 4 is 27.5 Å². The molecular formula is C21H30N4O2S. The van der Waals surface area contributed by atoms with Crippen molar-refractivity contribution in [3.05, 3.63) is 26.6 Å². The first-order valence-electron chi connectivity index (χ1n) is 10.4. The third-order valence-electron chi connectivity index (χ3n) is 6.36. The van der Waals surface area contributed by atoms with E-state index >= 15 is 0 Å². The molecule has 0 aliphatic carbocycles. The van der Waals surface area contributed by atoms with Gasteiger partial charge in [-0.2, -0.15) is 0 Å². The van der Waals surface area contributed by atoms with Crippen molar-refractivity contribution in [1.82, 2.24) is 19.4 Å². The van der Waals surface area contributed by atoms with E-state index in [1.54, 1.807) is 15.9 Å². The summed E-state index contributed by atoms with van der Waals surface area (Å²) in [6, 6.07) is 0. The SMILES string of the molecule is Cc1sc2nc(CN3CCC(C)CC3)n(CC(=O)N3CCCC3)c(=O)c2c1C. The largest absolute Gasteiger partial charge is 0.341 e. The molecule has 6 nitrogen and oxygen atoms in total. The van der Waals surface area contributed by atoms with Crippen LogP contribution in [0.1, 0.15) is 48.9 Å². The quantitative estimate of drug-likeness (QED) is 0.789. The van der Waals surface area contributed by atoms with Crippen LogP contribution in [0, 0.1) is 19.8 Å². The van der Waals surface area contributed by atoms with E-state index in [0.29, 0.717) is 11.9 Å². The molecule has 2 aromatic heterocycles. The number of hydrogen-bond acceptors (Lipinski definition) is 5. The van der Waals surface area contributed by atoms with E-state index < -0.39 is 0 Å². The van der Waals surface area contributed by atoms with Gasteiger partial charge in [-0.3, -0.25) is 19.1 Å². The monoisotopic (exact) mass is 402 g/mol. The lowest BCUT2D eigenvalue weighted by molar-refractivity contribution is -0.130. The number of rotatable bonds is 4. The number of aryl methyl sites for hydroxylation is 2. The van der Waals surface area contributed by atoms with E-state index in [1.165, 1.54) is 12.8 Å². The molecule has 7 heteroatoms. The lowest BCUT2D eigenvalue weighted by Gasteiger charge is -2.30. The fraction of sp³-hybridized carbons (Fsp3) is 0.667. The molecule has 2 aliphatic heterocycles. The minimum absolute atomic E-state index is 0.0406. The fourth-order valence-corrected chi connectivity index (χ4v) is 5.31. The van der Waals surface area contributed by atoms with Gasteiger partial charge in [0, 0.05) is 18.0 Å². The number of aromatic nitrogens is 2. The highest BCUT2D eigenvalue weighted by Crippen LogP contribution is 2.27. The summed E-state index contributed by atoms with van der Waals surface area (Å²) in [6.07, 6.45) is 4.46. The molecule has 0 bridgehead atoms. The third kappa shape index (κ3) is 3.74. The van der Waals surface area contributed by atoms with Gasteiger partial charge in [-0.1, -0.05) is 6.92 Å². The topological polar surface area (TPSA) is 58.4 Å². The van der Waals surface area contributed by atoms with Gasteiger partial charge in [-0.15, -0.1) is 11.3 Å². The molecule has 0 aromatic carbocycles. The Labute approximate surface area is 170 Å². The average molecular weight is 403 g/mol. The molecule has 2 aromatic rings. The van der Waals surface area contributed by atoms with Crippen molar-refractivity contribution < 1.29 is 4.79 Å². The Hall–Kier alpha value is -1.73. The van der Waals surface area contributed by atoms with Crippen LogP contribution in [0.4, 0.5) is 0 Å². The van der Waals surface area contributed by atoms with E-state index in [0.717, 1.165) is 66.0 Å². The molecule has 0 atom stereocenters. The number of carbonyl (C=O) groups is 1. The number of carbonyl (C=O) groups excluding carboxylic acids is 1. The van der Waals surface area contributed by atoms with Crippen LogP contribution >= 0.6 is 11.3 Å². The molecule has 2 aliphatic rings. The van der Waals surface area contributed by atoms with E-state index in [1.807, 2.05) is 18.7 Å². The molecule has 152 valence electrons. The third-order valence-corrected chi connectivity index (χ3v) is 7.46. The maximum Gasteiger partial charge on any atom is 0.263 e. The highest BCUT2D eigenvalue weighted by Gasteiger charge is 2.24. The first-order chi connectivity index (χ1) is 13.4. The van der Waals surface area contributed by atoms with E-state index in [4.69, 9.17) is 4.98 Å². The minimum atomic E-state index is -0.0558. The van der Waals surface area contributed by atoms with Gasteiger partial charge in [-0.05, 0) is 64.1 Å². The van der Waals surface area contributed by atoms with Crippen LogP contribution < -0.4 is 5.56 Å². The van der Waals surface area contributed by atoms with Crippen molar-refractivity contribution in [2.75, 3.05) is 26.2 Å². The summed E-state index contributed by atoms with van der Waals surface area (Å²) in [6.45, 7) is 10.7. The molecule has 4 rings (SSSR count). The summed E-state index contributed by atoms with van der Waals surface area (Å²) in [5, 5.41) is 0.688. The summed E-state index contributed by atoms with van der Waals surface area (Å²) in [5.74, 6) is 1.54. The van der Waals surface area contributed by atoms with Crippen LogP contribution in [0.5, 0.6) is 0 Å². The minimum Gasteiger partial charge on any atom is -0.341 e. The van der Waals surface area contributed by atoms with Crippen molar-refractivity contribution in [2.45, 2.75) is 59.5 Å². The Morgan fingerprint density at radius 1 is 1.14 bits per heavy atom. The Balaban J connectivity index is 1.70. The fourth-order valence-electron chi connectivity index (χ4n) is 4.28. The molecule has 0 N–H and O–H groups in total. The van der Waals surface area contributed by atoms with Gasteiger partial charge in [0.25, 0.3) is 5.56 Å². The number of fused-ring (bicyclic) bond motifs is 1. The zero-order chi connectivity index (χ0) is 19.8. The van der Waals surface area contributed by atoms with Gasteiger partial charge in [0.15, 0.2) is 0 Å². The van der Waals surface area contributed by atoms with Gasteiger partial charge in [-0.25, -0.2) is 4.98 Å². The predicted octanol–water partition coefficient (Wildman–Crippen LogP) is 2.93. The van der Waals surface area contributed by atoms with Gasteiger partial charge < -0.3 is 4.90 Å². The van der Waals surface area contributed by atoms with Crippen LogP contribution in [0.25, 0.3) is 10.2 Å². The highest BCUT2D eigenvalue weighted by molar-refractivity contribution is 7.18. The number of thiophene rings is 1. The van der Waals surface area contributed by atoms with Crippen LogP contribution in [0.2, 0.25) is 0 Å². The molecule has 2 fully saturated rings. The smallest absolute Gasteiger partial charge is 0.263 e. The normalized spacial score (nSPS) is 19.0. The second-order valence-corrected chi connectivity index (χ2v) is 9.63. The Morgan fingerprint density at radius 2 is 1.82 bits per heavy atom. The number of hydrogen-bond donors (Lipinski definition) is 0. The van der Waals surface area contributed by atoms with Crippen LogP contribution in [0.15, 0.2) is 4.79 Å². The molecule has 0 saturated carbocycles. The standard InChI is InChI=1S/C21H30N4O2S/c1-14-6-10-23(11-7-14)12-17-22-20-19(15(2)16(3)28-20)21(27)25(17)13-18(26)24-8-4-5-9-24/h14H,4-13H2,1-3H3. The molecule has 0 unspecified atom stereocenters. The van der Waals surface area contributed by atoms with Crippen molar-refractivity contribution in [3.8, 4) is 0 Å². The van der Waals surface area contributed by atoms with E-state index in [9.17, 15) is 9.59 Å². The van der Waals surface area contributed by atoms with Gasteiger partial charge in [0.05, 0.1) is 11.9 Å². The first kappa shape index (κ1) is 19.6. The summed E-state index contributed by atoms with van der Waals surface area (Å²) in [7, 11) is 0. The molecule has 2 saturated heterocycles. The maximum absolute atomic E-state index is 13.4. The zero-order valence-electron chi connectivity index (χ0n) is 17.2. The average Bonchev–Trinajstić information content (AvgIpc) is 3.29. The summed E-state index contributed by atoms with van der Waals surface area (Å²) in [5.41, 5.74) is 0.943. The van der Waals surface area contributed by atoms with Crippen LogP contribution in [-0.2, 0) is 17.9 Å². The summed E-state index contributed by atoms with van der Waals surface area (Å²) in [4.78, 5) is 37.2. The molecule has 4 heterocycles.